The molecule has 0 unspecified atom stereocenters. The highest BCUT2D eigenvalue weighted by atomic mass is 79.9. The molecule has 0 atom stereocenters. The van der Waals surface area contributed by atoms with Crippen molar-refractivity contribution in [1.29, 1.82) is 0 Å². The second kappa shape index (κ2) is 4.15. The summed E-state index contributed by atoms with van der Waals surface area (Å²) < 4.78 is 1.08. The first-order chi connectivity index (χ1) is 6.81. The average Bonchev–Trinajstić information content (AvgIpc) is 2.57. The summed E-state index contributed by atoms with van der Waals surface area (Å²) in [4.78, 5) is 3.23. The second-order valence-corrected chi connectivity index (χ2v) is 4.25. The van der Waals surface area contributed by atoms with E-state index in [1.807, 2.05) is 12.3 Å². The van der Waals surface area contributed by atoms with E-state index in [1.165, 1.54) is 10.9 Å². The van der Waals surface area contributed by atoms with Crippen molar-refractivity contribution in [3.63, 3.8) is 0 Å². The third kappa shape index (κ3) is 1.83. The average molecular weight is 254 g/mol. The maximum Gasteiger partial charge on any atom is 0.0468 e. The van der Waals surface area contributed by atoms with Crippen molar-refractivity contribution < 1.29 is 5.11 Å². The van der Waals surface area contributed by atoms with Gasteiger partial charge in [0.25, 0.3) is 0 Å². The van der Waals surface area contributed by atoms with Crippen LogP contribution in [-0.2, 0) is 6.42 Å². The quantitative estimate of drug-likeness (QED) is 0.868. The Morgan fingerprint density at radius 3 is 3.00 bits per heavy atom. The summed E-state index contributed by atoms with van der Waals surface area (Å²) in [6, 6.07) is 6.21. The number of aromatic nitrogens is 1. The van der Waals surface area contributed by atoms with Gasteiger partial charge in [0.2, 0.25) is 0 Å². The summed E-state index contributed by atoms with van der Waals surface area (Å²) in [5.74, 6) is 0. The van der Waals surface area contributed by atoms with Gasteiger partial charge in [-0.25, -0.2) is 0 Å². The fraction of sp³-hybridized carbons (Fsp3) is 0.273. The van der Waals surface area contributed by atoms with E-state index >= 15 is 0 Å². The van der Waals surface area contributed by atoms with E-state index < -0.39 is 0 Å². The molecule has 1 aromatic carbocycles. The van der Waals surface area contributed by atoms with E-state index in [-0.39, 0.29) is 6.61 Å². The molecule has 0 aliphatic heterocycles. The Morgan fingerprint density at radius 1 is 1.36 bits per heavy atom. The molecule has 2 N–H and O–H groups in total. The van der Waals surface area contributed by atoms with Crippen molar-refractivity contribution in [1.82, 2.24) is 4.98 Å². The molecule has 14 heavy (non-hydrogen) atoms. The lowest BCUT2D eigenvalue weighted by Gasteiger charge is -1.97. The Hall–Kier alpha value is -0.800. The second-order valence-electron chi connectivity index (χ2n) is 3.33. The summed E-state index contributed by atoms with van der Waals surface area (Å²) in [5, 5.41) is 10.0. The number of aryl methyl sites for hydroxylation is 1. The molecule has 1 heterocycles. The first-order valence-electron chi connectivity index (χ1n) is 4.67. The van der Waals surface area contributed by atoms with E-state index in [1.54, 1.807) is 0 Å². The van der Waals surface area contributed by atoms with Crippen LogP contribution < -0.4 is 0 Å². The van der Waals surface area contributed by atoms with E-state index in [0.717, 1.165) is 22.8 Å². The number of H-pyrrole nitrogens is 1. The van der Waals surface area contributed by atoms with Crippen molar-refractivity contribution >= 4 is 26.8 Å². The van der Waals surface area contributed by atoms with Crippen LogP contribution in [0.5, 0.6) is 0 Å². The van der Waals surface area contributed by atoms with Gasteiger partial charge in [-0.15, -0.1) is 0 Å². The number of nitrogens with one attached hydrogen (secondary N) is 1. The molecule has 2 nitrogen and oxygen atoms in total. The van der Waals surface area contributed by atoms with Crippen molar-refractivity contribution in [2.45, 2.75) is 12.8 Å². The number of rotatable bonds is 3. The zero-order chi connectivity index (χ0) is 9.97. The molecule has 0 aliphatic carbocycles. The van der Waals surface area contributed by atoms with Crippen LogP contribution in [0, 0.1) is 0 Å². The van der Waals surface area contributed by atoms with Gasteiger partial charge in [0.05, 0.1) is 0 Å². The Labute approximate surface area is 91.1 Å². The number of aliphatic hydroxyl groups is 1. The van der Waals surface area contributed by atoms with Gasteiger partial charge in [0, 0.05) is 28.2 Å². The topological polar surface area (TPSA) is 36.0 Å². The van der Waals surface area contributed by atoms with Crippen molar-refractivity contribution in [3.05, 3.63) is 34.4 Å². The van der Waals surface area contributed by atoms with E-state index in [2.05, 4.69) is 33.0 Å². The fourth-order valence-corrected chi connectivity index (χ4v) is 2.00. The Bertz CT molecular complexity index is 436. The fourth-order valence-electron chi connectivity index (χ4n) is 1.63. The number of halogens is 1. The maximum atomic E-state index is 8.76. The first kappa shape index (κ1) is 9.74. The van der Waals surface area contributed by atoms with Crippen molar-refractivity contribution in [2.75, 3.05) is 6.61 Å². The van der Waals surface area contributed by atoms with E-state index in [0.29, 0.717) is 0 Å². The number of aliphatic hydroxyl groups excluding tert-OH is 1. The van der Waals surface area contributed by atoms with Gasteiger partial charge in [0.15, 0.2) is 0 Å². The van der Waals surface area contributed by atoms with Gasteiger partial charge in [0.1, 0.15) is 0 Å². The van der Waals surface area contributed by atoms with Crippen LogP contribution >= 0.6 is 15.9 Å². The summed E-state index contributed by atoms with van der Waals surface area (Å²) in [6.45, 7) is 0.253. The molecule has 0 saturated heterocycles. The summed E-state index contributed by atoms with van der Waals surface area (Å²) >= 11 is 3.43. The SMILES string of the molecule is OCCCc1c[nH]c2cc(Br)ccc12. The monoisotopic (exact) mass is 253 g/mol. The smallest absolute Gasteiger partial charge is 0.0468 e. The van der Waals surface area contributed by atoms with Crippen LogP contribution in [0.4, 0.5) is 0 Å². The Balaban J connectivity index is 2.37. The standard InChI is InChI=1S/C11H12BrNO/c12-9-3-4-10-8(2-1-5-14)7-13-11(10)6-9/h3-4,6-7,13-14H,1-2,5H2. The van der Waals surface area contributed by atoms with Crippen LogP contribution in [0.1, 0.15) is 12.0 Å². The largest absolute Gasteiger partial charge is 0.396 e. The van der Waals surface area contributed by atoms with Gasteiger partial charge < -0.3 is 10.1 Å². The zero-order valence-corrected chi connectivity index (χ0v) is 9.34. The molecule has 2 rings (SSSR count). The highest BCUT2D eigenvalue weighted by Gasteiger charge is 2.02. The van der Waals surface area contributed by atoms with E-state index in [9.17, 15) is 0 Å². The Kier molecular flexibility index (Phi) is 2.89. The van der Waals surface area contributed by atoms with Gasteiger partial charge >= 0.3 is 0 Å². The minimum atomic E-state index is 0.253. The normalized spacial score (nSPS) is 11.0. The number of fused-ring (bicyclic) bond motifs is 1. The molecule has 2 aromatic rings. The summed E-state index contributed by atoms with van der Waals surface area (Å²) in [6.07, 6.45) is 3.77. The zero-order valence-electron chi connectivity index (χ0n) is 7.76. The van der Waals surface area contributed by atoms with Crippen molar-refractivity contribution in [3.8, 4) is 0 Å². The number of benzene rings is 1. The first-order valence-corrected chi connectivity index (χ1v) is 5.47. The van der Waals surface area contributed by atoms with Gasteiger partial charge in [-0.3, -0.25) is 0 Å². The van der Waals surface area contributed by atoms with Crippen LogP contribution in [0.25, 0.3) is 10.9 Å². The molecule has 0 saturated carbocycles. The number of hydrogen-bond donors (Lipinski definition) is 2. The number of aromatic amines is 1. The molecule has 0 aliphatic rings. The molecular weight excluding hydrogens is 242 g/mol. The number of hydrogen-bond acceptors (Lipinski definition) is 1. The lowest BCUT2D eigenvalue weighted by molar-refractivity contribution is 0.289. The molecule has 0 amide bonds. The minimum Gasteiger partial charge on any atom is -0.396 e. The molecule has 0 spiro atoms. The van der Waals surface area contributed by atoms with Crippen LogP contribution in [0.15, 0.2) is 28.9 Å². The third-order valence-electron chi connectivity index (χ3n) is 2.33. The summed E-state index contributed by atoms with van der Waals surface area (Å²) in [5.41, 5.74) is 2.42. The molecule has 74 valence electrons. The third-order valence-corrected chi connectivity index (χ3v) is 2.83. The van der Waals surface area contributed by atoms with Gasteiger partial charge in [-0.1, -0.05) is 22.0 Å². The predicted molar refractivity (Wildman–Crippen MR) is 61.4 cm³/mol. The molecule has 1 aromatic heterocycles. The molecule has 0 radical (unpaired) electrons. The lowest BCUT2D eigenvalue weighted by Crippen LogP contribution is -1.87. The minimum absolute atomic E-state index is 0.253. The van der Waals surface area contributed by atoms with E-state index in [4.69, 9.17) is 5.11 Å². The predicted octanol–water partition coefficient (Wildman–Crippen LogP) is 2.86. The molecule has 0 fully saturated rings. The molecule has 0 bridgehead atoms. The molecular formula is C11H12BrNO. The highest BCUT2D eigenvalue weighted by molar-refractivity contribution is 9.10. The summed E-state index contributed by atoms with van der Waals surface area (Å²) in [7, 11) is 0. The maximum absolute atomic E-state index is 8.76. The van der Waals surface area contributed by atoms with Crippen LogP contribution in [0.3, 0.4) is 0 Å². The van der Waals surface area contributed by atoms with Crippen LogP contribution in [-0.4, -0.2) is 16.7 Å². The lowest BCUT2D eigenvalue weighted by atomic mass is 10.1. The molecule has 3 heteroatoms. The van der Waals surface area contributed by atoms with Gasteiger partial charge in [-0.05, 0) is 30.5 Å². The van der Waals surface area contributed by atoms with Gasteiger partial charge in [-0.2, -0.15) is 0 Å². The van der Waals surface area contributed by atoms with Crippen LogP contribution in [0.2, 0.25) is 0 Å². The highest BCUT2D eigenvalue weighted by Crippen LogP contribution is 2.22. The Morgan fingerprint density at radius 2 is 2.21 bits per heavy atom. The van der Waals surface area contributed by atoms with Crippen molar-refractivity contribution in [2.24, 2.45) is 0 Å².